The number of ether oxygens (including phenoxy) is 1. The van der Waals surface area contributed by atoms with E-state index in [4.69, 9.17) is 16.3 Å². The van der Waals surface area contributed by atoms with Crippen LogP contribution >= 0.6 is 11.6 Å². The van der Waals surface area contributed by atoms with Crippen LogP contribution in [0.1, 0.15) is 22.8 Å². The Labute approximate surface area is 106 Å². The molecule has 3 nitrogen and oxygen atoms in total. The third-order valence-corrected chi connectivity index (χ3v) is 3.28. The monoisotopic (exact) mass is 253 g/mol. The molecule has 17 heavy (non-hydrogen) atoms. The molecule has 1 aliphatic rings. The summed E-state index contributed by atoms with van der Waals surface area (Å²) in [6, 6.07) is 5.65. The van der Waals surface area contributed by atoms with E-state index in [-0.39, 0.29) is 5.91 Å². The van der Waals surface area contributed by atoms with Gasteiger partial charge >= 0.3 is 0 Å². The summed E-state index contributed by atoms with van der Waals surface area (Å²) < 4.78 is 5.23. The average Bonchev–Trinajstić information content (AvgIpc) is 2.39. The molecule has 1 aromatic carbocycles. The summed E-state index contributed by atoms with van der Waals surface area (Å²) >= 11 is 6.14. The zero-order chi connectivity index (χ0) is 12.3. The average molecular weight is 254 g/mol. The lowest BCUT2D eigenvalue weighted by molar-refractivity contribution is 0.0303. The van der Waals surface area contributed by atoms with Gasteiger partial charge in [-0.1, -0.05) is 24.6 Å². The number of morpholine rings is 1. The number of halogens is 1. The molecule has 0 spiro atoms. The molecule has 0 aliphatic carbocycles. The summed E-state index contributed by atoms with van der Waals surface area (Å²) in [6.07, 6.45) is 0.922. The maximum atomic E-state index is 12.2. The van der Waals surface area contributed by atoms with E-state index in [1.54, 1.807) is 4.90 Å². The second-order valence-electron chi connectivity index (χ2n) is 4.07. The van der Waals surface area contributed by atoms with Crippen LogP contribution in [0.15, 0.2) is 18.2 Å². The topological polar surface area (TPSA) is 29.5 Å². The van der Waals surface area contributed by atoms with Gasteiger partial charge in [-0.15, -0.1) is 0 Å². The van der Waals surface area contributed by atoms with E-state index in [1.165, 1.54) is 0 Å². The van der Waals surface area contributed by atoms with Crippen LogP contribution in [-0.2, 0) is 11.2 Å². The Bertz CT molecular complexity index is 414. The van der Waals surface area contributed by atoms with Crippen molar-refractivity contribution in [1.29, 1.82) is 0 Å². The van der Waals surface area contributed by atoms with Gasteiger partial charge in [-0.3, -0.25) is 4.79 Å². The van der Waals surface area contributed by atoms with Crippen molar-refractivity contribution in [2.75, 3.05) is 26.3 Å². The number of benzene rings is 1. The fourth-order valence-corrected chi connectivity index (χ4v) is 2.17. The van der Waals surface area contributed by atoms with E-state index in [1.807, 2.05) is 18.2 Å². The fourth-order valence-electron chi connectivity index (χ4n) is 1.89. The Balaban J connectivity index is 2.18. The standard InChI is InChI=1S/C13H16ClNO2/c1-2-10-3-4-11(12(14)9-10)13(16)15-5-7-17-8-6-15/h3-4,9H,2,5-8H2,1H3. The quantitative estimate of drug-likeness (QED) is 0.810. The molecule has 0 N–H and O–H groups in total. The molecule has 1 amide bonds. The van der Waals surface area contributed by atoms with E-state index in [0.717, 1.165) is 12.0 Å². The van der Waals surface area contributed by atoms with Gasteiger partial charge < -0.3 is 9.64 Å². The number of aryl methyl sites for hydroxylation is 1. The van der Waals surface area contributed by atoms with Crippen LogP contribution in [0.5, 0.6) is 0 Å². The van der Waals surface area contributed by atoms with Crippen LogP contribution in [-0.4, -0.2) is 37.1 Å². The smallest absolute Gasteiger partial charge is 0.255 e. The van der Waals surface area contributed by atoms with E-state index in [9.17, 15) is 4.79 Å². The summed E-state index contributed by atoms with van der Waals surface area (Å²) in [6.45, 7) is 4.57. The first-order valence-corrected chi connectivity index (χ1v) is 6.25. The van der Waals surface area contributed by atoms with Crippen LogP contribution in [0, 0.1) is 0 Å². The Hall–Kier alpha value is -1.06. The lowest BCUT2D eigenvalue weighted by Gasteiger charge is -2.27. The number of hydrogen-bond acceptors (Lipinski definition) is 2. The molecule has 1 fully saturated rings. The maximum absolute atomic E-state index is 12.2. The van der Waals surface area contributed by atoms with Gasteiger partial charge in [0.15, 0.2) is 0 Å². The van der Waals surface area contributed by atoms with Crippen molar-refractivity contribution in [2.24, 2.45) is 0 Å². The zero-order valence-corrected chi connectivity index (χ0v) is 10.7. The highest BCUT2D eigenvalue weighted by Gasteiger charge is 2.20. The van der Waals surface area contributed by atoms with E-state index in [2.05, 4.69) is 6.92 Å². The maximum Gasteiger partial charge on any atom is 0.255 e. The number of carbonyl (C=O) groups is 1. The molecule has 0 radical (unpaired) electrons. The minimum Gasteiger partial charge on any atom is -0.378 e. The summed E-state index contributed by atoms with van der Waals surface area (Å²) in [5.74, 6) is 0.000882. The first-order chi connectivity index (χ1) is 8.22. The van der Waals surface area contributed by atoms with Crippen molar-refractivity contribution in [1.82, 2.24) is 4.90 Å². The molecular formula is C13H16ClNO2. The van der Waals surface area contributed by atoms with Crippen molar-refractivity contribution in [3.8, 4) is 0 Å². The molecule has 0 unspecified atom stereocenters. The molecule has 4 heteroatoms. The van der Waals surface area contributed by atoms with Crippen molar-refractivity contribution in [3.63, 3.8) is 0 Å². The zero-order valence-electron chi connectivity index (χ0n) is 9.91. The Morgan fingerprint density at radius 2 is 2.12 bits per heavy atom. The molecule has 0 saturated carbocycles. The lowest BCUT2D eigenvalue weighted by Crippen LogP contribution is -2.40. The third-order valence-electron chi connectivity index (χ3n) is 2.97. The highest BCUT2D eigenvalue weighted by atomic mass is 35.5. The van der Waals surface area contributed by atoms with Crippen molar-refractivity contribution >= 4 is 17.5 Å². The highest BCUT2D eigenvalue weighted by Crippen LogP contribution is 2.20. The van der Waals surface area contributed by atoms with Gasteiger partial charge in [-0.2, -0.15) is 0 Å². The molecule has 1 heterocycles. The third kappa shape index (κ3) is 2.79. The van der Waals surface area contributed by atoms with Gasteiger partial charge in [0.2, 0.25) is 0 Å². The summed E-state index contributed by atoms with van der Waals surface area (Å²) in [5.41, 5.74) is 1.74. The Morgan fingerprint density at radius 3 is 2.71 bits per heavy atom. The van der Waals surface area contributed by atoms with Crippen molar-refractivity contribution in [3.05, 3.63) is 34.3 Å². The molecule has 0 aromatic heterocycles. The second-order valence-corrected chi connectivity index (χ2v) is 4.48. The molecule has 1 saturated heterocycles. The number of hydrogen-bond donors (Lipinski definition) is 0. The molecule has 1 aliphatic heterocycles. The van der Waals surface area contributed by atoms with E-state index < -0.39 is 0 Å². The van der Waals surface area contributed by atoms with Crippen LogP contribution in [0.25, 0.3) is 0 Å². The number of amides is 1. The van der Waals surface area contributed by atoms with E-state index in [0.29, 0.717) is 36.9 Å². The van der Waals surface area contributed by atoms with Gasteiger partial charge in [0, 0.05) is 13.1 Å². The Kier molecular flexibility index (Phi) is 4.02. The first-order valence-electron chi connectivity index (χ1n) is 5.88. The van der Waals surface area contributed by atoms with Gasteiger partial charge in [0.25, 0.3) is 5.91 Å². The number of carbonyl (C=O) groups excluding carboxylic acids is 1. The highest BCUT2D eigenvalue weighted by molar-refractivity contribution is 6.33. The van der Waals surface area contributed by atoms with Gasteiger partial charge in [0.05, 0.1) is 23.8 Å². The molecular weight excluding hydrogens is 238 g/mol. The predicted molar refractivity (Wildman–Crippen MR) is 67.6 cm³/mol. The predicted octanol–water partition coefficient (Wildman–Crippen LogP) is 2.37. The van der Waals surface area contributed by atoms with Crippen molar-refractivity contribution < 1.29 is 9.53 Å². The van der Waals surface area contributed by atoms with Crippen LogP contribution in [0.3, 0.4) is 0 Å². The van der Waals surface area contributed by atoms with Gasteiger partial charge in [-0.05, 0) is 24.1 Å². The largest absolute Gasteiger partial charge is 0.378 e. The molecule has 2 rings (SSSR count). The molecule has 0 bridgehead atoms. The van der Waals surface area contributed by atoms with Crippen LogP contribution in [0.4, 0.5) is 0 Å². The van der Waals surface area contributed by atoms with E-state index >= 15 is 0 Å². The molecule has 0 atom stereocenters. The minimum atomic E-state index is 0.000882. The normalized spacial score (nSPS) is 16.0. The summed E-state index contributed by atoms with van der Waals surface area (Å²) in [7, 11) is 0. The minimum absolute atomic E-state index is 0.000882. The summed E-state index contributed by atoms with van der Waals surface area (Å²) in [5, 5.41) is 0.542. The first kappa shape index (κ1) is 12.4. The van der Waals surface area contributed by atoms with Gasteiger partial charge in [-0.25, -0.2) is 0 Å². The summed E-state index contributed by atoms with van der Waals surface area (Å²) in [4.78, 5) is 14.0. The van der Waals surface area contributed by atoms with Gasteiger partial charge in [0.1, 0.15) is 0 Å². The lowest BCUT2D eigenvalue weighted by atomic mass is 10.1. The fraction of sp³-hybridized carbons (Fsp3) is 0.462. The molecule has 92 valence electrons. The number of rotatable bonds is 2. The van der Waals surface area contributed by atoms with Crippen LogP contribution < -0.4 is 0 Å². The number of nitrogens with zero attached hydrogens (tertiary/aromatic N) is 1. The molecule has 1 aromatic rings. The second kappa shape index (κ2) is 5.52. The Morgan fingerprint density at radius 1 is 1.41 bits per heavy atom. The van der Waals surface area contributed by atoms with Crippen molar-refractivity contribution in [2.45, 2.75) is 13.3 Å². The SMILES string of the molecule is CCc1ccc(C(=O)N2CCOCC2)c(Cl)c1. The van der Waals surface area contributed by atoms with Crippen LogP contribution in [0.2, 0.25) is 5.02 Å².